The Bertz CT molecular complexity index is 580. The van der Waals surface area contributed by atoms with E-state index < -0.39 is 0 Å². The molecular weight excluding hydrogens is 264 g/mol. The molecule has 0 saturated heterocycles. The maximum Gasteiger partial charge on any atom is 0.255 e. The van der Waals surface area contributed by atoms with Crippen LogP contribution in [0.4, 0.5) is 0 Å². The van der Waals surface area contributed by atoms with Gasteiger partial charge in [0.05, 0.1) is 17.7 Å². The highest BCUT2D eigenvalue weighted by Crippen LogP contribution is 2.35. The van der Waals surface area contributed by atoms with Crippen molar-refractivity contribution in [3.05, 3.63) is 29.6 Å². The van der Waals surface area contributed by atoms with E-state index in [9.17, 15) is 4.79 Å². The third-order valence-electron chi connectivity index (χ3n) is 3.91. The zero-order chi connectivity index (χ0) is 14.7. The van der Waals surface area contributed by atoms with E-state index in [1.807, 2.05) is 4.90 Å². The first-order valence-electron chi connectivity index (χ1n) is 7.64. The largest absolute Gasteiger partial charge is 0.395 e. The summed E-state index contributed by atoms with van der Waals surface area (Å²) < 4.78 is 0. The quantitative estimate of drug-likeness (QED) is 0.839. The van der Waals surface area contributed by atoms with Crippen LogP contribution in [-0.4, -0.2) is 40.1 Å². The lowest BCUT2D eigenvalue weighted by Gasteiger charge is -2.22. The molecule has 1 aromatic rings. The van der Waals surface area contributed by atoms with Crippen molar-refractivity contribution < 1.29 is 9.90 Å². The summed E-state index contributed by atoms with van der Waals surface area (Å²) in [7, 11) is 0. The van der Waals surface area contributed by atoms with Gasteiger partial charge in [0.2, 0.25) is 0 Å². The molecule has 0 spiro atoms. The molecule has 4 heteroatoms. The van der Waals surface area contributed by atoms with Crippen molar-refractivity contribution >= 4 is 5.91 Å². The molecule has 1 heterocycles. The molecule has 0 atom stereocenters. The van der Waals surface area contributed by atoms with Crippen molar-refractivity contribution in [2.24, 2.45) is 5.92 Å². The van der Waals surface area contributed by atoms with Crippen LogP contribution < -0.4 is 0 Å². The van der Waals surface area contributed by atoms with Gasteiger partial charge in [0.25, 0.3) is 5.91 Å². The topological polar surface area (TPSA) is 53.4 Å². The minimum Gasteiger partial charge on any atom is -0.395 e. The van der Waals surface area contributed by atoms with Gasteiger partial charge in [-0.15, -0.1) is 0 Å². The lowest BCUT2D eigenvalue weighted by Crippen LogP contribution is -2.35. The summed E-state index contributed by atoms with van der Waals surface area (Å²) in [5.41, 5.74) is 1.31. The predicted octanol–water partition coefficient (Wildman–Crippen LogP) is 1.83. The molecule has 110 valence electrons. The van der Waals surface area contributed by atoms with Crippen LogP contribution in [-0.2, 0) is 0 Å². The number of aromatic nitrogens is 1. The number of hydrogen-bond acceptors (Lipinski definition) is 3. The van der Waals surface area contributed by atoms with Crippen molar-refractivity contribution in [1.82, 2.24) is 9.88 Å². The second-order valence-electron chi connectivity index (χ2n) is 5.83. The summed E-state index contributed by atoms with van der Waals surface area (Å²) in [5, 5.41) is 8.80. The van der Waals surface area contributed by atoms with Crippen molar-refractivity contribution in [1.29, 1.82) is 0 Å². The number of amides is 1. The summed E-state index contributed by atoms with van der Waals surface area (Å²) in [6.45, 7) is 0.918. The first-order chi connectivity index (χ1) is 10.3. The van der Waals surface area contributed by atoms with Gasteiger partial charge in [0, 0.05) is 31.4 Å². The maximum atomic E-state index is 12.8. The third kappa shape index (κ3) is 3.62. The van der Waals surface area contributed by atoms with Gasteiger partial charge < -0.3 is 10.0 Å². The highest BCUT2D eigenvalue weighted by molar-refractivity contribution is 5.97. The first-order valence-corrected chi connectivity index (χ1v) is 7.64. The van der Waals surface area contributed by atoms with Crippen LogP contribution in [0.1, 0.15) is 48.0 Å². The molecule has 0 aromatic carbocycles. The highest BCUT2D eigenvalue weighted by atomic mass is 16.2. The van der Waals surface area contributed by atoms with Gasteiger partial charge in [-0.2, -0.15) is 0 Å². The Morgan fingerprint density at radius 1 is 1.38 bits per heavy atom. The highest BCUT2D eigenvalue weighted by Gasteiger charge is 2.37. The molecule has 0 bridgehead atoms. The lowest BCUT2D eigenvalue weighted by molar-refractivity contribution is 0.0734. The first kappa shape index (κ1) is 14.1. The fraction of sp³-hybridized carbons (Fsp3) is 0.529. The lowest BCUT2D eigenvalue weighted by atomic mass is 10.1. The van der Waals surface area contributed by atoms with Gasteiger partial charge in [-0.3, -0.25) is 9.78 Å². The van der Waals surface area contributed by atoms with E-state index in [-0.39, 0.29) is 12.5 Å². The molecule has 2 aliphatic carbocycles. The maximum absolute atomic E-state index is 12.8. The second kappa shape index (κ2) is 6.28. The molecule has 2 fully saturated rings. The molecule has 2 saturated carbocycles. The molecule has 4 nitrogen and oxygen atoms in total. The molecule has 2 aliphatic rings. The number of nitrogens with zero attached hydrogens (tertiary/aromatic N) is 2. The standard InChI is InChI=1S/C17H20N2O2/c20-10-2-1-3-14-11-18-9-8-16(14)17(21)19(15-6-7-15)12-13-4-5-13/h8-9,11,13,15,20H,2,4-7,10,12H2. The summed E-state index contributed by atoms with van der Waals surface area (Å²) >= 11 is 0. The van der Waals surface area contributed by atoms with Gasteiger partial charge >= 0.3 is 0 Å². The Hall–Kier alpha value is -1.86. The average Bonchev–Trinajstić information content (AvgIpc) is 3.38. The number of carbonyl (C=O) groups is 1. The Balaban J connectivity index is 1.80. The number of aliphatic hydroxyl groups is 1. The summed E-state index contributed by atoms with van der Waals surface area (Å²) in [6.07, 6.45) is 8.43. The zero-order valence-electron chi connectivity index (χ0n) is 12.1. The Morgan fingerprint density at radius 3 is 2.86 bits per heavy atom. The molecule has 0 aliphatic heterocycles. The van der Waals surface area contributed by atoms with Crippen LogP contribution >= 0.6 is 0 Å². The van der Waals surface area contributed by atoms with E-state index in [0.717, 1.165) is 19.4 Å². The number of aliphatic hydroxyl groups excluding tert-OH is 1. The van der Waals surface area contributed by atoms with Gasteiger partial charge in [0.15, 0.2) is 0 Å². The fourth-order valence-electron chi connectivity index (χ4n) is 2.41. The van der Waals surface area contributed by atoms with Gasteiger partial charge in [-0.25, -0.2) is 0 Å². The fourth-order valence-corrected chi connectivity index (χ4v) is 2.41. The van der Waals surface area contributed by atoms with Crippen LogP contribution in [0.25, 0.3) is 0 Å². The predicted molar refractivity (Wildman–Crippen MR) is 79.6 cm³/mol. The SMILES string of the molecule is O=C(c1ccncc1C#CCCO)N(CC1CC1)C1CC1. The van der Waals surface area contributed by atoms with E-state index in [4.69, 9.17) is 5.11 Å². The van der Waals surface area contributed by atoms with E-state index in [1.165, 1.54) is 12.8 Å². The minimum atomic E-state index is 0.0341. The molecule has 21 heavy (non-hydrogen) atoms. The van der Waals surface area contributed by atoms with Crippen LogP contribution in [0.3, 0.4) is 0 Å². The number of hydrogen-bond donors (Lipinski definition) is 1. The van der Waals surface area contributed by atoms with Crippen LogP contribution in [0, 0.1) is 17.8 Å². The van der Waals surface area contributed by atoms with Gasteiger partial charge in [-0.05, 0) is 37.7 Å². The Morgan fingerprint density at radius 2 is 2.19 bits per heavy atom. The van der Waals surface area contributed by atoms with E-state index >= 15 is 0 Å². The van der Waals surface area contributed by atoms with Crippen LogP contribution in [0.15, 0.2) is 18.5 Å². The van der Waals surface area contributed by atoms with Crippen molar-refractivity contribution in [3.8, 4) is 11.8 Å². The molecule has 1 aromatic heterocycles. The average molecular weight is 284 g/mol. The van der Waals surface area contributed by atoms with Crippen molar-refractivity contribution in [2.45, 2.75) is 38.1 Å². The molecular formula is C17H20N2O2. The molecule has 0 radical (unpaired) electrons. The summed E-state index contributed by atoms with van der Waals surface area (Å²) in [6, 6.07) is 2.18. The third-order valence-corrected chi connectivity index (χ3v) is 3.91. The van der Waals surface area contributed by atoms with E-state index in [1.54, 1.807) is 18.5 Å². The van der Waals surface area contributed by atoms with E-state index in [2.05, 4.69) is 16.8 Å². The molecule has 1 N–H and O–H groups in total. The Labute approximate surface area is 125 Å². The molecule has 0 unspecified atom stereocenters. The molecule has 1 amide bonds. The minimum absolute atomic E-state index is 0.0341. The number of carbonyl (C=O) groups excluding carboxylic acids is 1. The summed E-state index contributed by atoms with van der Waals surface area (Å²) in [5.74, 6) is 6.61. The van der Waals surface area contributed by atoms with Crippen LogP contribution in [0.2, 0.25) is 0 Å². The van der Waals surface area contributed by atoms with Gasteiger partial charge in [0.1, 0.15) is 0 Å². The number of pyridine rings is 1. The van der Waals surface area contributed by atoms with Crippen molar-refractivity contribution in [2.75, 3.05) is 13.2 Å². The summed E-state index contributed by atoms with van der Waals surface area (Å²) in [4.78, 5) is 18.9. The number of rotatable bonds is 5. The van der Waals surface area contributed by atoms with Gasteiger partial charge in [-0.1, -0.05) is 11.8 Å². The molecule has 3 rings (SSSR count). The smallest absolute Gasteiger partial charge is 0.255 e. The van der Waals surface area contributed by atoms with E-state index in [0.29, 0.717) is 29.5 Å². The van der Waals surface area contributed by atoms with Crippen molar-refractivity contribution in [3.63, 3.8) is 0 Å². The zero-order valence-corrected chi connectivity index (χ0v) is 12.1. The Kier molecular flexibility index (Phi) is 4.21. The monoisotopic (exact) mass is 284 g/mol. The second-order valence-corrected chi connectivity index (χ2v) is 5.83. The van der Waals surface area contributed by atoms with Crippen LogP contribution in [0.5, 0.6) is 0 Å². The normalized spacial score (nSPS) is 17.0.